The number of amidine groups is 1. The van der Waals surface area contributed by atoms with Crippen LogP contribution >= 0.6 is 23.2 Å². The number of carbonyl (C=O) groups is 2. The lowest BCUT2D eigenvalue weighted by molar-refractivity contribution is -0.132. The van der Waals surface area contributed by atoms with Gasteiger partial charge in [0.15, 0.2) is 0 Å². The van der Waals surface area contributed by atoms with E-state index in [2.05, 4.69) is 5.10 Å². The molecule has 2 aliphatic rings. The highest BCUT2D eigenvalue weighted by Gasteiger charge is 2.45. The molecule has 0 aromatic heterocycles. The Hall–Kier alpha value is -1.85. The van der Waals surface area contributed by atoms with E-state index in [1.54, 1.807) is 5.01 Å². The van der Waals surface area contributed by atoms with Gasteiger partial charge in [-0.2, -0.15) is 5.10 Å². The van der Waals surface area contributed by atoms with Crippen molar-refractivity contribution in [3.05, 3.63) is 40.4 Å². The summed E-state index contributed by atoms with van der Waals surface area (Å²) < 4.78 is 0. The Labute approximate surface area is 137 Å². The number of halogens is 2. The van der Waals surface area contributed by atoms with Gasteiger partial charge in [0.05, 0.1) is 11.2 Å². The van der Waals surface area contributed by atoms with Crippen molar-refractivity contribution in [2.45, 2.75) is 25.8 Å². The number of para-hydroxylation sites is 1. The lowest BCUT2D eigenvalue weighted by atomic mass is 9.99. The molecule has 0 fully saturated rings. The maximum atomic E-state index is 12.1. The van der Waals surface area contributed by atoms with E-state index in [-0.39, 0.29) is 15.6 Å². The average Bonchev–Trinajstić information content (AvgIpc) is 2.90. The second-order valence-electron chi connectivity index (χ2n) is 5.73. The molecular formula is C15H13Cl2N3O2. The number of amides is 2. The third-order valence-corrected chi connectivity index (χ3v) is 4.41. The minimum atomic E-state index is -0.624. The number of hydrazone groups is 1. The molecule has 0 bridgehead atoms. The van der Waals surface area contributed by atoms with Crippen molar-refractivity contribution in [1.29, 1.82) is 0 Å². The molecule has 0 radical (unpaired) electrons. The first kappa shape index (κ1) is 15.1. The summed E-state index contributed by atoms with van der Waals surface area (Å²) in [5.74, 6) is -0.903. The molecule has 2 aliphatic heterocycles. The van der Waals surface area contributed by atoms with Gasteiger partial charge in [0, 0.05) is 6.42 Å². The molecule has 1 aromatic carbocycles. The van der Waals surface area contributed by atoms with Crippen LogP contribution in [0.15, 0.2) is 45.5 Å². The largest absolute Gasteiger partial charge is 0.279 e. The number of rotatable bonds is 1. The fourth-order valence-electron chi connectivity index (χ4n) is 2.56. The molecule has 0 atom stereocenters. The predicted octanol–water partition coefficient (Wildman–Crippen LogP) is 3.05. The van der Waals surface area contributed by atoms with Crippen molar-refractivity contribution in [2.75, 3.05) is 5.01 Å². The van der Waals surface area contributed by atoms with Gasteiger partial charge >= 0.3 is 0 Å². The molecule has 2 heterocycles. The highest BCUT2D eigenvalue weighted by molar-refractivity contribution is 6.59. The zero-order valence-electron chi connectivity index (χ0n) is 12.0. The molecule has 0 unspecified atom stereocenters. The van der Waals surface area contributed by atoms with E-state index >= 15 is 0 Å². The normalized spacial score (nSPS) is 21.0. The molecule has 7 heteroatoms. The molecule has 5 nitrogen and oxygen atoms in total. The Bertz CT molecular complexity index is 702. The molecule has 0 spiro atoms. The Kier molecular flexibility index (Phi) is 3.50. The quantitative estimate of drug-likeness (QED) is 0.740. The van der Waals surface area contributed by atoms with Gasteiger partial charge in [0.1, 0.15) is 15.9 Å². The first-order valence-corrected chi connectivity index (χ1v) is 7.45. The van der Waals surface area contributed by atoms with Gasteiger partial charge in [-0.1, -0.05) is 41.4 Å². The van der Waals surface area contributed by atoms with E-state index < -0.39 is 11.8 Å². The molecule has 3 rings (SSSR count). The maximum Gasteiger partial charge on any atom is 0.279 e. The van der Waals surface area contributed by atoms with E-state index in [1.807, 2.05) is 44.2 Å². The summed E-state index contributed by atoms with van der Waals surface area (Å²) in [4.78, 5) is 25.2. The predicted molar refractivity (Wildman–Crippen MR) is 85.6 cm³/mol. The summed E-state index contributed by atoms with van der Waals surface area (Å²) in [6, 6.07) is 9.55. The maximum absolute atomic E-state index is 12.1. The standard InChI is InChI=1S/C15H13Cl2N3O2/c1-15(2)8-10(18-20(15)9-6-4-3-5-7-9)19-13(21)11(16)12(17)14(19)22/h3-7H,8H2,1-2H3. The lowest BCUT2D eigenvalue weighted by Crippen LogP contribution is -2.39. The van der Waals surface area contributed by atoms with Gasteiger partial charge in [-0.25, -0.2) is 4.90 Å². The van der Waals surface area contributed by atoms with Gasteiger partial charge in [-0.3, -0.25) is 14.6 Å². The summed E-state index contributed by atoms with van der Waals surface area (Å²) in [6.07, 6.45) is 0.424. The fourth-order valence-corrected chi connectivity index (χ4v) is 2.89. The second-order valence-corrected chi connectivity index (χ2v) is 6.48. The highest BCUT2D eigenvalue weighted by atomic mass is 35.5. The average molecular weight is 338 g/mol. The molecule has 0 saturated heterocycles. The summed E-state index contributed by atoms with van der Waals surface area (Å²) in [6.45, 7) is 3.97. The van der Waals surface area contributed by atoms with Gasteiger partial charge < -0.3 is 0 Å². The Morgan fingerprint density at radius 1 is 1.05 bits per heavy atom. The number of nitrogens with zero attached hydrogens (tertiary/aromatic N) is 3. The molecule has 2 amide bonds. The van der Waals surface area contributed by atoms with Crippen molar-refractivity contribution in [1.82, 2.24) is 4.90 Å². The van der Waals surface area contributed by atoms with Crippen molar-refractivity contribution >= 4 is 46.5 Å². The molecule has 0 aliphatic carbocycles. The number of anilines is 1. The van der Waals surface area contributed by atoms with E-state index in [4.69, 9.17) is 23.2 Å². The Morgan fingerprint density at radius 2 is 1.59 bits per heavy atom. The molecule has 1 aromatic rings. The van der Waals surface area contributed by atoms with Gasteiger partial charge in [-0.15, -0.1) is 0 Å². The zero-order chi connectivity index (χ0) is 16.1. The van der Waals surface area contributed by atoms with E-state index in [0.717, 1.165) is 10.6 Å². The van der Waals surface area contributed by atoms with Crippen molar-refractivity contribution in [3.8, 4) is 0 Å². The molecule has 0 N–H and O–H groups in total. The first-order chi connectivity index (χ1) is 10.3. The Morgan fingerprint density at radius 3 is 2.14 bits per heavy atom. The lowest BCUT2D eigenvalue weighted by Gasteiger charge is -2.30. The van der Waals surface area contributed by atoms with Crippen LogP contribution in [-0.4, -0.2) is 28.1 Å². The number of hydrogen-bond donors (Lipinski definition) is 0. The monoisotopic (exact) mass is 337 g/mol. The van der Waals surface area contributed by atoms with Gasteiger partial charge in [-0.05, 0) is 26.0 Å². The van der Waals surface area contributed by atoms with Crippen LogP contribution in [0.1, 0.15) is 20.3 Å². The second kappa shape index (κ2) is 5.11. The van der Waals surface area contributed by atoms with Crippen LogP contribution in [0.5, 0.6) is 0 Å². The van der Waals surface area contributed by atoms with Crippen LogP contribution < -0.4 is 5.01 Å². The van der Waals surface area contributed by atoms with Crippen LogP contribution in [0, 0.1) is 0 Å². The molecule has 0 saturated carbocycles. The third-order valence-electron chi connectivity index (χ3n) is 3.61. The van der Waals surface area contributed by atoms with Gasteiger partial charge in [0.2, 0.25) is 0 Å². The number of hydrogen-bond acceptors (Lipinski definition) is 4. The molecular weight excluding hydrogens is 325 g/mol. The smallest absolute Gasteiger partial charge is 0.267 e. The minimum absolute atomic E-state index is 0.259. The summed E-state index contributed by atoms with van der Waals surface area (Å²) in [5.41, 5.74) is 0.505. The van der Waals surface area contributed by atoms with E-state index in [1.165, 1.54) is 0 Å². The minimum Gasteiger partial charge on any atom is -0.267 e. The number of benzene rings is 1. The fraction of sp³-hybridized carbons (Fsp3) is 0.267. The van der Waals surface area contributed by atoms with Crippen LogP contribution in [-0.2, 0) is 9.59 Å². The zero-order valence-corrected chi connectivity index (χ0v) is 13.5. The van der Waals surface area contributed by atoms with Crippen LogP contribution in [0.4, 0.5) is 5.69 Å². The van der Waals surface area contributed by atoms with E-state index in [9.17, 15) is 9.59 Å². The first-order valence-electron chi connectivity index (χ1n) is 6.70. The third kappa shape index (κ3) is 2.21. The number of carbonyl (C=O) groups excluding carboxylic acids is 2. The van der Waals surface area contributed by atoms with Crippen LogP contribution in [0.2, 0.25) is 0 Å². The number of imide groups is 1. The highest BCUT2D eigenvalue weighted by Crippen LogP contribution is 2.36. The van der Waals surface area contributed by atoms with Crippen molar-refractivity contribution in [3.63, 3.8) is 0 Å². The SMILES string of the molecule is CC1(C)CC(N2C(=O)C(Cl)=C(Cl)C2=O)=NN1c1ccccc1. The van der Waals surface area contributed by atoms with E-state index in [0.29, 0.717) is 12.3 Å². The van der Waals surface area contributed by atoms with Crippen molar-refractivity contribution in [2.24, 2.45) is 5.10 Å². The van der Waals surface area contributed by atoms with Gasteiger partial charge in [0.25, 0.3) is 11.8 Å². The summed E-state index contributed by atoms with van der Waals surface area (Å²) >= 11 is 11.5. The Balaban J connectivity index is 1.98. The summed E-state index contributed by atoms with van der Waals surface area (Å²) in [7, 11) is 0. The van der Waals surface area contributed by atoms with Crippen LogP contribution in [0.3, 0.4) is 0 Å². The van der Waals surface area contributed by atoms with Crippen LogP contribution in [0.25, 0.3) is 0 Å². The molecule has 114 valence electrons. The summed E-state index contributed by atoms with van der Waals surface area (Å²) in [5, 5.41) is 5.73. The molecule has 22 heavy (non-hydrogen) atoms. The van der Waals surface area contributed by atoms with Crippen molar-refractivity contribution < 1.29 is 9.59 Å². The topological polar surface area (TPSA) is 53.0 Å².